The minimum absolute atomic E-state index is 0.0273. The van der Waals surface area contributed by atoms with E-state index in [4.69, 9.17) is 13.9 Å². The fourth-order valence-electron chi connectivity index (χ4n) is 5.06. The van der Waals surface area contributed by atoms with Gasteiger partial charge >= 0.3 is 0 Å². The maximum Gasteiger partial charge on any atom is 0.261 e. The van der Waals surface area contributed by atoms with E-state index in [1.807, 2.05) is 24.3 Å². The lowest BCUT2D eigenvalue weighted by molar-refractivity contribution is 0.107. The van der Waals surface area contributed by atoms with Gasteiger partial charge in [0.1, 0.15) is 5.75 Å². The lowest BCUT2D eigenvalue weighted by atomic mass is 10.0. The standard InChI is InChI=1S/C34H40O3Si/c1-27(30-20-16-28(17-21-30)25-36-26-29-18-22-31(35-5)23-19-29)24-37-38(34(2,3)4,32-12-8-6-9-13-32)33-14-10-7-11-15-33/h6-23,27H,24-26H2,1-5H3/t27-/m1/s1. The molecule has 3 nitrogen and oxygen atoms in total. The Morgan fingerprint density at radius 3 is 1.58 bits per heavy atom. The maximum absolute atomic E-state index is 7.15. The van der Waals surface area contributed by atoms with Gasteiger partial charge in [-0.3, -0.25) is 0 Å². The molecular weight excluding hydrogens is 484 g/mol. The summed E-state index contributed by atoms with van der Waals surface area (Å²) in [5, 5.41) is 2.60. The molecule has 0 N–H and O–H groups in total. The minimum Gasteiger partial charge on any atom is -0.497 e. The zero-order valence-electron chi connectivity index (χ0n) is 23.3. The van der Waals surface area contributed by atoms with Crippen molar-refractivity contribution in [2.75, 3.05) is 13.7 Å². The normalized spacial score (nSPS) is 12.8. The molecule has 0 saturated carbocycles. The van der Waals surface area contributed by atoms with Crippen LogP contribution in [-0.2, 0) is 22.4 Å². The zero-order chi connectivity index (χ0) is 27.0. The first-order chi connectivity index (χ1) is 18.3. The van der Waals surface area contributed by atoms with Crippen molar-refractivity contribution in [3.05, 3.63) is 126 Å². The third-order valence-electron chi connectivity index (χ3n) is 7.21. The van der Waals surface area contributed by atoms with Crippen molar-refractivity contribution in [3.63, 3.8) is 0 Å². The van der Waals surface area contributed by atoms with Crippen molar-refractivity contribution in [3.8, 4) is 5.75 Å². The van der Waals surface area contributed by atoms with Crippen LogP contribution < -0.4 is 15.1 Å². The van der Waals surface area contributed by atoms with E-state index in [0.29, 0.717) is 19.8 Å². The highest BCUT2D eigenvalue weighted by molar-refractivity contribution is 6.99. The summed E-state index contributed by atoms with van der Waals surface area (Å²) in [5.74, 6) is 1.13. The summed E-state index contributed by atoms with van der Waals surface area (Å²) in [6.07, 6.45) is 0. The Morgan fingerprint density at radius 1 is 0.658 bits per heavy atom. The van der Waals surface area contributed by atoms with Crippen molar-refractivity contribution in [1.29, 1.82) is 0 Å². The highest BCUT2D eigenvalue weighted by Crippen LogP contribution is 2.37. The van der Waals surface area contributed by atoms with E-state index in [0.717, 1.165) is 11.3 Å². The summed E-state index contributed by atoms with van der Waals surface area (Å²) in [6.45, 7) is 11.1. The second-order valence-electron chi connectivity index (χ2n) is 11.0. The van der Waals surface area contributed by atoms with E-state index in [-0.39, 0.29) is 11.0 Å². The summed E-state index contributed by atoms with van der Waals surface area (Å²) in [5.41, 5.74) is 3.58. The Bertz CT molecular complexity index is 1210. The molecule has 0 fully saturated rings. The van der Waals surface area contributed by atoms with Gasteiger partial charge in [0.05, 0.1) is 20.3 Å². The largest absolute Gasteiger partial charge is 0.497 e. The van der Waals surface area contributed by atoms with E-state index in [1.54, 1.807) is 7.11 Å². The second-order valence-corrected chi connectivity index (χ2v) is 15.3. The highest BCUT2D eigenvalue weighted by Gasteiger charge is 2.50. The molecule has 38 heavy (non-hydrogen) atoms. The first-order valence-electron chi connectivity index (χ1n) is 13.4. The summed E-state index contributed by atoms with van der Waals surface area (Å²) in [7, 11) is -0.862. The monoisotopic (exact) mass is 524 g/mol. The van der Waals surface area contributed by atoms with Crippen LogP contribution in [0.1, 0.15) is 50.3 Å². The molecule has 4 aromatic carbocycles. The van der Waals surface area contributed by atoms with Crippen LogP contribution in [0, 0.1) is 0 Å². The Hall–Kier alpha value is -3.18. The van der Waals surface area contributed by atoms with Crippen molar-refractivity contribution in [2.45, 2.75) is 51.9 Å². The molecule has 0 saturated heterocycles. The van der Waals surface area contributed by atoms with Gasteiger partial charge in [-0.25, -0.2) is 0 Å². The second kappa shape index (κ2) is 12.6. The molecule has 4 aromatic rings. The smallest absolute Gasteiger partial charge is 0.261 e. The fraction of sp³-hybridized carbons (Fsp3) is 0.294. The Morgan fingerprint density at radius 2 is 1.13 bits per heavy atom. The highest BCUT2D eigenvalue weighted by atomic mass is 28.4. The number of hydrogen-bond acceptors (Lipinski definition) is 3. The van der Waals surface area contributed by atoms with Crippen LogP contribution >= 0.6 is 0 Å². The van der Waals surface area contributed by atoms with E-state index in [2.05, 4.69) is 113 Å². The van der Waals surface area contributed by atoms with Gasteiger partial charge in [0.15, 0.2) is 0 Å². The van der Waals surface area contributed by atoms with Gasteiger partial charge in [-0.15, -0.1) is 0 Å². The predicted molar refractivity (Wildman–Crippen MR) is 160 cm³/mol. The molecule has 0 spiro atoms. The number of ether oxygens (including phenoxy) is 2. The van der Waals surface area contributed by atoms with E-state index < -0.39 is 8.32 Å². The van der Waals surface area contributed by atoms with Gasteiger partial charge in [0.2, 0.25) is 0 Å². The molecule has 4 rings (SSSR count). The van der Waals surface area contributed by atoms with Crippen LogP contribution in [0.5, 0.6) is 5.75 Å². The molecule has 0 bridgehead atoms. The molecule has 0 heterocycles. The zero-order valence-corrected chi connectivity index (χ0v) is 24.3. The Balaban J connectivity index is 1.44. The van der Waals surface area contributed by atoms with Crippen molar-refractivity contribution in [1.82, 2.24) is 0 Å². The Kier molecular flexibility index (Phi) is 9.21. The fourth-order valence-corrected chi connectivity index (χ4v) is 9.71. The van der Waals surface area contributed by atoms with E-state index >= 15 is 0 Å². The van der Waals surface area contributed by atoms with E-state index in [9.17, 15) is 0 Å². The molecule has 0 unspecified atom stereocenters. The molecule has 0 aliphatic rings. The first-order valence-corrected chi connectivity index (χ1v) is 15.3. The van der Waals surface area contributed by atoms with Gasteiger partial charge in [-0.2, -0.15) is 0 Å². The SMILES string of the molecule is COc1ccc(COCc2ccc([C@H](C)CO[Si](c3ccccc3)(c3ccccc3)C(C)(C)C)cc2)cc1. The Labute approximate surface area is 229 Å². The quantitative estimate of drug-likeness (QED) is 0.196. The third kappa shape index (κ3) is 6.44. The van der Waals surface area contributed by atoms with Crippen molar-refractivity contribution in [2.24, 2.45) is 0 Å². The van der Waals surface area contributed by atoms with Crippen LogP contribution in [0.25, 0.3) is 0 Å². The van der Waals surface area contributed by atoms with Gasteiger partial charge < -0.3 is 13.9 Å². The van der Waals surface area contributed by atoms with Crippen molar-refractivity contribution >= 4 is 18.7 Å². The van der Waals surface area contributed by atoms with Crippen LogP contribution in [0.3, 0.4) is 0 Å². The molecule has 0 radical (unpaired) electrons. The average Bonchev–Trinajstić information content (AvgIpc) is 2.94. The molecule has 4 heteroatoms. The molecular formula is C34H40O3Si. The molecule has 0 aliphatic heterocycles. The van der Waals surface area contributed by atoms with Gasteiger partial charge in [-0.05, 0) is 44.2 Å². The summed E-state index contributed by atoms with van der Waals surface area (Å²) >= 11 is 0. The van der Waals surface area contributed by atoms with Gasteiger partial charge in [0.25, 0.3) is 8.32 Å². The van der Waals surface area contributed by atoms with Gasteiger partial charge in [-0.1, -0.05) is 125 Å². The molecule has 0 aliphatic carbocycles. The molecule has 1 atom stereocenters. The number of hydrogen-bond donors (Lipinski definition) is 0. The lowest BCUT2D eigenvalue weighted by Gasteiger charge is -2.43. The number of rotatable bonds is 11. The van der Waals surface area contributed by atoms with E-state index in [1.165, 1.54) is 21.5 Å². The average molecular weight is 525 g/mol. The maximum atomic E-state index is 7.15. The molecule has 0 amide bonds. The number of benzene rings is 4. The molecule has 198 valence electrons. The minimum atomic E-state index is -2.54. The lowest BCUT2D eigenvalue weighted by Crippen LogP contribution is -2.66. The molecule has 0 aromatic heterocycles. The van der Waals surface area contributed by atoms with Crippen LogP contribution in [0.4, 0.5) is 0 Å². The predicted octanol–water partition coefficient (Wildman–Crippen LogP) is 7.09. The third-order valence-corrected chi connectivity index (χ3v) is 12.2. The summed E-state index contributed by atoms with van der Waals surface area (Å²) in [4.78, 5) is 0. The van der Waals surface area contributed by atoms with Gasteiger partial charge in [0, 0.05) is 12.5 Å². The number of methoxy groups -OCH3 is 1. The summed E-state index contributed by atoms with van der Waals surface area (Å²) < 4.78 is 18.3. The van der Waals surface area contributed by atoms with Crippen molar-refractivity contribution < 1.29 is 13.9 Å². The topological polar surface area (TPSA) is 27.7 Å². The summed E-state index contributed by atoms with van der Waals surface area (Å²) in [6, 6.07) is 38.4. The first kappa shape index (κ1) is 27.8. The van der Waals surface area contributed by atoms with Crippen LogP contribution in [0.15, 0.2) is 109 Å². The van der Waals surface area contributed by atoms with Crippen LogP contribution in [-0.4, -0.2) is 22.0 Å². The van der Waals surface area contributed by atoms with Crippen LogP contribution in [0.2, 0.25) is 5.04 Å².